The number of benzene rings is 3. The zero-order valence-corrected chi connectivity index (χ0v) is 23.0. The number of carbonyl (C=O) groups excluding carboxylic acids is 2. The van der Waals surface area contributed by atoms with E-state index in [1.165, 1.54) is 19.2 Å². The first kappa shape index (κ1) is 26.6. The van der Waals surface area contributed by atoms with Gasteiger partial charge in [0.25, 0.3) is 0 Å². The van der Waals surface area contributed by atoms with Crippen molar-refractivity contribution < 1.29 is 27.5 Å². The number of hydrogen-bond acceptors (Lipinski definition) is 6. The fraction of sp³-hybridized carbons (Fsp3) is 0.267. The summed E-state index contributed by atoms with van der Waals surface area (Å²) in [7, 11) is -2.76. The Morgan fingerprint density at radius 3 is 2.36 bits per heavy atom. The zero-order valence-electron chi connectivity index (χ0n) is 22.2. The summed E-state index contributed by atoms with van der Waals surface area (Å²) >= 11 is 0. The number of carbonyl (C=O) groups is 2. The summed E-state index contributed by atoms with van der Waals surface area (Å²) in [6, 6.07) is 21.1. The zero-order chi connectivity index (χ0) is 27.9. The van der Waals surface area contributed by atoms with E-state index in [9.17, 15) is 18.0 Å². The standard InChI is InChI=1S/C30H30N2O6S/c1-30(2,3)38-29(34)32-25-11-7-5-9-20(25)18-26(32)21-14-13-19-16-23(17-22(19)15-21)31-39(35,36)27-12-8-6-10-24(27)28(33)37-4/h5-15,18,23,31H,16-17H2,1-4H3. The van der Waals surface area contributed by atoms with Crippen LogP contribution in [0.2, 0.25) is 0 Å². The number of ether oxygens (including phenoxy) is 2. The van der Waals surface area contributed by atoms with E-state index in [0.717, 1.165) is 27.6 Å². The van der Waals surface area contributed by atoms with Crippen LogP contribution in [-0.2, 0) is 32.3 Å². The molecule has 0 radical (unpaired) electrons. The molecule has 1 N–H and O–H groups in total. The first-order valence-corrected chi connectivity index (χ1v) is 14.1. The van der Waals surface area contributed by atoms with Crippen LogP contribution < -0.4 is 4.72 Å². The number of sulfonamides is 1. The molecule has 3 aromatic carbocycles. The molecule has 1 aliphatic carbocycles. The second-order valence-corrected chi connectivity index (χ2v) is 12.3. The van der Waals surface area contributed by atoms with E-state index >= 15 is 0 Å². The number of esters is 1. The number of para-hydroxylation sites is 1. The molecule has 0 bridgehead atoms. The van der Waals surface area contributed by atoms with Crippen molar-refractivity contribution in [3.8, 4) is 11.3 Å². The van der Waals surface area contributed by atoms with Gasteiger partial charge in [0.1, 0.15) is 5.60 Å². The van der Waals surface area contributed by atoms with Crippen molar-refractivity contribution in [2.24, 2.45) is 0 Å². The molecule has 0 aliphatic heterocycles. The van der Waals surface area contributed by atoms with Crippen LogP contribution in [0.4, 0.5) is 4.79 Å². The summed E-state index contributed by atoms with van der Waals surface area (Å²) in [6.45, 7) is 5.49. The lowest BCUT2D eigenvalue weighted by molar-refractivity contribution is 0.0545. The second kappa shape index (κ2) is 9.98. The topological polar surface area (TPSA) is 104 Å². The fourth-order valence-electron chi connectivity index (χ4n) is 4.99. The lowest BCUT2D eigenvalue weighted by atomic mass is 10.0. The van der Waals surface area contributed by atoms with Gasteiger partial charge in [-0.05, 0) is 80.6 Å². The average molecular weight is 547 g/mol. The van der Waals surface area contributed by atoms with Gasteiger partial charge in [0.2, 0.25) is 10.0 Å². The van der Waals surface area contributed by atoms with Crippen molar-refractivity contribution in [2.75, 3.05) is 7.11 Å². The lowest BCUT2D eigenvalue weighted by Gasteiger charge is -2.21. The number of fused-ring (bicyclic) bond motifs is 2. The Morgan fingerprint density at radius 2 is 1.62 bits per heavy atom. The van der Waals surface area contributed by atoms with Gasteiger partial charge in [0.15, 0.2) is 0 Å². The van der Waals surface area contributed by atoms with E-state index in [-0.39, 0.29) is 16.5 Å². The molecule has 1 atom stereocenters. The highest BCUT2D eigenvalue weighted by Gasteiger charge is 2.30. The van der Waals surface area contributed by atoms with E-state index in [2.05, 4.69) is 4.72 Å². The Morgan fingerprint density at radius 1 is 0.923 bits per heavy atom. The number of rotatable bonds is 5. The molecule has 9 heteroatoms. The highest BCUT2D eigenvalue weighted by atomic mass is 32.2. The third-order valence-corrected chi connectivity index (χ3v) is 8.20. The highest BCUT2D eigenvalue weighted by Crippen LogP contribution is 2.33. The molecule has 39 heavy (non-hydrogen) atoms. The van der Waals surface area contributed by atoms with Gasteiger partial charge in [0, 0.05) is 11.4 Å². The first-order valence-electron chi connectivity index (χ1n) is 12.6. The minimum atomic E-state index is -3.98. The first-order chi connectivity index (χ1) is 18.5. The van der Waals surface area contributed by atoms with Gasteiger partial charge in [-0.3, -0.25) is 0 Å². The minimum absolute atomic E-state index is 0.0136. The summed E-state index contributed by atoms with van der Waals surface area (Å²) < 4.78 is 41.3. The second-order valence-electron chi connectivity index (χ2n) is 10.6. The van der Waals surface area contributed by atoms with Crippen molar-refractivity contribution in [2.45, 2.75) is 50.2 Å². The third-order valence-electron chi connectivity index (χ3n) is 6.63. The molecule has 4 aromatic rings. The van der Waals surface area contributed by atoms with Crippen LogP contribution in [0.1, 0.15) is 42.3 Å². The van der Waals surface area contributed by atoms with Crippen LogP contribution in [0.15, 0.2) is 77.7 Å². The van der Waals surface area contributed by atoms with Gasteiger partial charge in [-0.2, -0.15) is 0 Å². The van der Waals surface area contributed by atoms with Crippen molar-refractivity contribution in [1.29, 1.82) is 0 Å². The van der Waals surface area contributed by atoms with Crippen molar-refractivity contribution in [1.82, 2.24) is 9.29 Å². The maximum absolute atomic E-state index is 13.2. The summed E-state index contributed by atoms with van der Waals surface area (Å²) in [5.41, 5.74) is 3.61. The SMILES string of the molecule is COC(=O)c1ccccc1S(=O)(=O)NC1Cc2ccc(-c3cc4ccccc4n3C(=O)OC(C)(C)C)cc2C1. The minimum Gasteiger partial charge on any atom is -0.465 e. The van der Waals surface area contributed by atoms with Crippen LogP contribution in [0.5, 0.6) is 0 Å². The smallest absolute Gasteiger partial charge is 0.419 e. The van der Waals surface area contributed by atoms with Gasteiger partial charge in [-0.15, -0.1) is 0 Å². The maximum atomic E-state index is 13.2. The molecule has 0 saturated carbocycles. The third kappa shape index (κ3) is 5.32. The Hall–Kier alpha value is -3.95. The van der Waals surface area contributed by atoms with E-state index in [1.54, 1.807) is 16.7 Å². The van der Waals surface area contributed by atoms with E-state index in [4.69, 9.17) is 9.47 Å². The van der Waals surface area contributed by atoms with Crippen molar-refractivity contribution in [3.05, 3.63) is 89.5 Å². The molecule has 1 aliphatic rings. The Kier molecular flexibility index (Phi) is 6.82. The van der Waals surface area contributed by atoms with Crippen LogP contribution in [0, 0.1) is 0 Å². The van der Waals surface area contributed by atoms with Gasteiger partial charge in [-0.25, -0.2) is 27.3 Å². The average Bonchev–Trinajstić information content (AvgIpc) is 3.47. The summed E-state index contributed by atoms with van der Waals surface area (Å²) in [5.74, 6) is -0.712. The van der Waals surface area contributed by atoms with Crippen LogP contribution in [0.25, 0.3) is 22.2 Å². The molecule has 0 saturated heterocycles. The summed E-state index contributed by atoms with van der Waals surface area (Å²) in [6.07, 6.45) is 0.508. The molecule has 1 heterocycles. The number of aromatic nitrogens is 1. The lowest BCUT2D eigenvalue weighted by Crippen LogP contribution is -2.36. The number of hydrogen-bond donors (Lipinski definition) is 1. The van der Waals surface area contributed by atoms with Crippen molar-refractivity contribution in [3.63, 3.8) is 0 Å². The number of methoxy groups -OCH3 is 1. The van der Waals surface area contributed by atoms with E-state index in [1.807, 2.05) is 69.3 Å². The monoisotopic (exact) mass is 546 g/mol. The quantitative estimate of drug-likeness (QED) is 0.340. The van der Waals surface area contributed by atoms with Crippen LogP contribution in [0.3, 0.4) is 0 Å². The summed E-state index contributed by atoms with van der Waals surface area (Å²) in [5, 5.41) is 0.911. The Labute approximate surface area is 227 Å². The van der Waals surface area contributed by atoms with Gasteiger partial charge < -0.3 is 9.47 Å². The fourth-order valence-corrected chi connectivity index (χ4v) is 6.43. The molecule has 0 spiro atoms. The Balaban J connectivity index is 1.45. The van der Waals surface area contributed by atoms with E-state index in [0.29, 0.717) is 18.5 Å². The van der Waals surface area contributed by atoms with Crippen LogP contribution >= 0.6 is 0 Å². The maximum Gasteiger partial charge on any atom is 0.419 e. The predicted molar refractivity (Wildman–Crippen MR) is 148 cm³/mol. The molecule has 1 unspecified atom stereocenters. The number of nitrogens with zero attached hydrogens (tertiary/aromatic N) is 1. The highest BCUT2D eigenvalue weighted by molar-refractivity contribution is 7.89. The Bertz CT molecular complexity index is 1700. The van der Waals surface area contributed by atoms with Crippen molar-refractivity contribution >= 4 is 33.0 Å². The molecular formula is C30H30N2O6S. The molecule has 0 amide bonds. The molecule has 202 valence electrons. The molecular weight excluding hydrogens is 516 g/mol. The number of nitrogens with one attached hydrogen (secondary N) is 1. The van der Waals surface area contributed by atoms with Crippen LogP contribution in [-0.4, -0.2) is 43.8 Å². The molecule has 8 nitrogen and oxygen atoms in total. The normalized spacial score (nSPS) is 15.2. The largest absolute Gasteiger partial charge is 0.465 e. The molecule has 5 rings (SSSR count). The molecule has 0 fully saturated rings. The van der Waals surface area contributed by atoms with Gasteiger partial charge in [0.05, 0.1) is 28.8 Å². The summed E-state index contributed by atoms with van der Waals surface area (Å²) in [4.78, 5) is 25.3. The molecule has 1 aromatic heterocycles. The van der Waals surface area contributed by atoms with Gasteiger partial charge >= 0.3 is 12.1 Å². The predicted octanol–water partition coefficient (Wildman–Crippen LogP) is 5.32. The van der Waals surface area contributed by atoms with E-state index < -0.39 is 27.7 Å². The van der Waals surface area contributed by atoms with Gasteiger partial charge in [-0.1, -0.05) is 42.5 Å².